The smallest absolute Gasteiger partial charge is 0.305 e. The lowest BCUT2D eigenvalue weighted by atomic mass is 9.75. The molecule has 2 aliphatic heterocycles. The van der Waals surface area contributed by atoms with Crippen molar-refractivity contribution in [1.29, 1.82) is 0 Å². The third-order valence-electron chi connectivity index (χ3n) is 11.0. The average molecular weight is 683 g/mol. The monoisotopic (exact) mass is 683 g/mol. The molecular weight excluding hydrogens is 612 g/mol. The molecule has 0 saturated carbocycles. The van der Waals surface area contributed by atoms with Crippen LogP contribution in [0.2, 0.25) is 0 Å². The van der Waals surface area contributed by atoms with E-state index in [9.17, 15) is 19.8 Å². The Morgan fingerprint density at radius 3 is 2.21 bits per heavy atom. The fourth-order valence-electron chi connectivity index (χ4n) is 8.15. The summed E-state index contributed by atoms with van der Waals surface area (Å²) in [4.78, 5) is 38.0. The standard InChI is InChI=1S/C39H70O9/c1-13-30(35(43)25(7)21-28(10)36-27(9)20-24(6)32(45-36)22-34(41)42)37(26(8)19-23(4)5)47-48-38(31(40)14-2)46-39(12,15-3)33-18-16-17-29(11)44-33/h14,23-33,36-38,40H,2,13,15-22H2,1,3-12H3,(H,41,42)/t24-,25-,26-,27-,28-,29-,30-,31+,32-,33?,36+,37?,38-,39-/m0/s1. The van der Waals surface area contributed by atoms with Crippen LogP contribution in [-0.4, -0.2) is 70.5 Å². The summed E-state index contributed by atoms with van der Waals surface area (Å²) in [5.41, 5.74) is -0.726. The van der Waals surface area contributed by atoms with Crippen LogP contribution in [0.5, 0.6) is 0 Å². The van der Waals surface area contributed by atoms with Crippen LogP contribution in [0.25, 0.3) is 0 Å². The number of carboxylic acids is 1. The van der Waals surface area contributed by atoms with Crippen LogP contribution < -0.4 is 0 Å². The van der Waals surface area contributed by atoms with Gasteiger partial charge in [0.1, 0.15) is 18.0 Å². The van der Waals surface area contributed by atoms with Gasteiger partial charge in [-0.05, 0) is 94.8 Å². The first-order valence-corrected chi connectivity index (χ1v) is 18.8. The summed E-state index contributed by atoms with van der Waals surface area (Å²) in [6.45, 7) is 26.6. The number of carbonyl (C=O) groups excluding carboxylic acids is 1. The molecule has 48 heavy (non-hydrogen) atoms. The lowest BCUT2D eigenvalue weighted by Gasteiger charge is -2.43. The molecule has 0 radical (unpaired) electrons. The Bertz CT molecular complexity index is 987. The Labute approximate surface area is 291 Å². The van der Waals surface area contributed by atoms with Gasteiger partial charge in [-0.1, -0.05) is 68.4 Å². The second-order valence-corrected chi connectivity index (χ2v) is 16.0. The van der Waals surface area contributed by atoms with Crippen LogP contribution in [0.15, 0.2) is 12.7 Å². The van der Waals surface area contributed by atoms with Crippen LogP contribution in [0.3, 0.4) is 0 Å². The van der Waals surface area contributed by atoms with Crippen molar-refractivity contribution in [3.63, 3.8) is 0 Å². The Morgan fingerprint density at radius 1 is 1.00 bits per heavy atom. The number of rotatable bonds is 21. The molecule has 14 atom stereocenters. The lowest BCUT2D eigenvalue weighted by Crippen LogP contribution is -2.51. The van der Waals surface area contributed by atoms with E-state index in [-0.39, 0.29) is 66.2 Å². The summed E-state index contributed by atoms with van der Waals surface area (Å²) in [6.07, 6.45) is 4.50. The molecule has 2 aliphatic rings. The highest BCUT2D eigenvalue weighted by Crippen LogP contribution is 2.38. The molecular formula is C39H70O9. The van der Waals surface area contributed by atoms with E-state index in [1.165, 1.54) is 6.08 Å². The highest BCUT2D eigenvalue weighted by molar-refractivity contribution is 5.83. The van der Waals surface area contributed by atoms with Crippen LogP contribution in [-0.2, 0) is 33.6 Å². The number of aliphatic hydroxyl groups excluding tert-OH is 1. The maximum atomic E-state index is 14.2. The molecule has 2 heterocycles. The molecule has 0 spiro atoms. The van der Waals surface area contributed by atoms with Crippen molar-refractivity contribution in [2.45, 2.75) is 182 Å². The van der Waals surface area contributed by atoms with Crippen molar-refractivity contribution >= 4 is 11.8 Å². The Morgan fingerprint density at radius 2 is 1.67 bits per heavy atom. The van der Waals surface area contributed by atoms with Gasteiger partial charge in [0.05, 0.1) is 36.4 Å². The third kappa shape index (κ3) is 12.2. The summed E-state index contributed by atoms with van der Waals surface area (Å²) in [5.74, 6) is -0.573. The summed E-state index contributed by atoms with van der Waals surface area (Å²) in [7, 11) is 0. The first-order valence-electron chi connectivity index (χ1n) is 18.8. The van der Waals surface area contributed by atoms with E-state index >= 15 is 0 Å². The minimum Gasteiger partial charge on any atom is -0.481 e. The summed E-state index contributed by atoms with van der Waals surface area (Å²) in [6, 6.07) is 0. The molecule has 9 heteroatoms. The minimum absolute atomic E-state index is 0.00821. The van der Waals surface area contributed by atoms with Crippen LogP contribution in [0.1, 0.15) is 134 Å². The highest BCUT2D eigenvalue weighted by Gasteiger charge is 2.43. The van der Waals surface area contributed by atoms with Gasteiger partial charge in [0.15, 0.2) is 0 Å². The van der Waals surface area contributed by atoms with Crippen LogP contribution in [0, 0.1) is 41.4 Å². The summed E-state index contributed by atoms with van der Waals surface area (Å²) in [5, 5.41) is 20.4. The van der Waals surface area contributed by atoms with Gasteiger partial charge in [-0.25, -0.2) is 9.78 Å². The number of aliphatic carboxylic acids is 1. The number of ketones is 1. The largest absolute Gasteiger partial charge is 0.481 e. The van der Waals surface area contributed by atoms with Gasteiger partial charge >= 0.3 is 5.97 Å². The third-order valence-corrected chi connectivity index (χ3v) is 11.0. The van der Waals surface area contributed by atoms with Crippen molar-refractivity contribution in [2.75, 3.05) is 0 Å². The minimum atomic E-state index is -1.15. The molecule has 0 bridgehead atoms. The van der Waals surface area contributed by atoms with Crippen LogP contribution in [0.4, 0.5) is 0 Å². The molecule has 2 N–H and O–H groups in total. The lowest BCUT2D eigenvalue weighted by molar-refractivity contribution is -0.435. The number of hydrogen-bond acceptors (Lipinski definition) is 8. The number of carboxylic acid groups (broad SMARTS) is 1. The molecule has 0 amide bonds. The maximum absolute atomic E-state index is 14.2. The fourth-order valence-corrected chi connectivity index (χ4v) is 8.15. The zero-order chi connectivity index (χ0) is 36.3. The van der Waals surface area contributed by atoms with Gasteiger partial charge < -0.3 is 24.4 Å². The van der Waals surface area contributed by atoms with E-state index in [4.69, 9.17) is 24.0 Å². The zero-order valence-corrected chi connectivity index (χ0v) is 32.0. The molecule has 0 aromatic rings. The molecule has 2 saturated heterocycles. The molecule has 0 aliphatic carbocycles. The van der Waals surface area contributed by atoms with Gasteiger partial charge in [0.25, 0.3) is 0 Å². The van der Waals surface area contributed by atoms with Crippen molar-refractivity contribution in [1.82, 2.24) is 0 Å². The normalized spacial score (nSPS) is 30.8. The quantitative estimate of drug-likeness (QED) is 0.0535. The van der Waals surface area contributed by atoms with Gasteiger partial charge in [-0.15, -0.1) is 6.58 Å². The predicted octanol–water partition coefficient (Wildman–Crippen LogP) is 8.16. The molecule has 0 aromatic heterocycles. The van der Waals surface area contributed by atoms with Crippen LogP contribution >= 0.6 is 0 Å². The second kappa shape index (κ2) is 19.9. The first kappa shape index (κ1) is 42.8. The van der Waals surface area contributed by atoms with E-state index in [2.05, 4.69) is 55.0 Å². The Balaban J connectivity index is 2.24. The highest BCUT2D eigenvalue weighted by atomic mass is 17.2. The molecule has 2 rings (SSSR count). The van der Waals surface area contributed by atoms with Crippen molar-refractivity contribution in [3.05, 3.63) is 12.7 Å². The molecule has 280 valence electrons. The maximum Gasteiger partial charge on any atom is 0.305 e. The number of aliphatic hydroxyl groups is 1. The van der Waals surface area contributed by atoms with E-state index in [1.807, 2.05) is 27.7 Å². The Kier molecular flexibility index (Phi) is 17.7. The van der Waals surface area contributed by atoms with E-state index in [1.54, 1.807) is 0 Å². The second-order valence-electron chi connectivity index (χ2n) is 16.0. The summed E-state index contributed by atoms with van der Waals surface area (Å²) >= 11 is 0. The van der Waals surface area contributed by atoms with Gasteiger partial charge in [-0.3, -0.25) is 9.59 Å². The SMILES string of the molecule is C=C[C@@H](O)[C@H](OOC([C@@H](C)CC(C)C)[C@@H](CC)C(=O)[C@@H](C)C[C@H](C)[C@@H]1O[C@@H](CC(=O)O)[C@@H](C)C[C@@H]1C)O[C@@](C)(CC)C1CCC[C@H](C)O1. The molecule has 0 aromatic carbocycles. The first-order chi connectivity index (χ1) is 22.5. The van der Waals surface area contributed by atoms with Gasteiger partial charge in [0.2, 0.25) is 6.29 Å². The average Bonchev–Trinajstić information content (AvgIpc) is 3.02. The molecule has 2 unspecified atom stereocenters. The number of ether oxygens (including phenoxy) is 3. The van der Waals surface area contributed by atoms with E-state index < -0.39 is 36.0 Å². The summed E-state index contributed by atoms with van der Waals surface area (Å²) < 4.78 is 19.2. The molecule has 9 nitrogen and oxygen atoms in total. The predicted molar refractivity (Wildman–Crippen MR) is 188 cm³/mol. The Hall–Kier alpha value is -1.36. The van der Waals surface area contributed by atoms with E-state index in [0.717, 1.165) is 32.1 Å². The van der Waals surface area contributed by atoms with Gasteiger partial charge in [0, 0.05) is 11.8 Å². The van der Waals surface area contributed by atoms with Gasteiger partial charge in [-0.2, -0.15) is 0 Å². The van der Waals surface area contributed by atoms with Crippen molar-refractivity contribution in [3.8, 4) is 0 Å². The van der Waals surface area contributed by atoms with Crippen molar-refractivity contribution < 1.29 is 43.8 Å². The van der Waals surface area contributed by atoms with E-state index in [0.29, 0.717) is 25.2 Å². The fraction of sp³-hybridized carbons (Fsp3) is 0.897. The topological polar surface area (TPSA) is 121 Å². The number of carbonyl (C=O) groups is 2. The molecule has 2 fully saturated rings. The van der Waals surface area contributed by atoms with Crippen molar-refractivity contribution in [2.24, 2.45) is 41.4 Å². The zero-order valence-electron chi connectivity index (χ0n) is 32.0. The number of hydrogen-bond donors (Lipinski definition) is 2. The number of Topliss-reactive ketones (excluding diaryl/α,β-unsaturated/α-hetero) is 1.